The van der Waals surface area contributed by atoms with Crippen LogP contribution in [0.1, 0.15) is 30.1 Å². The summed E-state index contributed by atoms with van der Waals surface area (Å²) in [6.07, 6.45) is 1.99. The molecule has 0 unspecified atom stereocenters. The van der Waals surface area contributed by atoms with Gasteiger partial charge in [-0.15, -0.1) is 0 Å². The van der Waals surface area contributed by atoms with Crippen LogP contribution >= 0.6 is 0 Å². The van der Waals surface area contributed by atoms with Gasteiger partial charge in [0.1, 0.15) is 12.4 Å². The van der Waals surface area contributed by atoms with E-state index in [1.54, 1.807) is 13.2 Å². The minimum absolute atomic E-state index is 0.000423. The minimum Gasteiger partial charge on any atom is -0.490 e. The molecular formula is C19H30N2O4. The first-order chi connectivity index (χ1) is 12.2. The molecule has 6 nitrogen and oxygen atoms in total. The predicted octanol–water partition coefficient (Wildman–Crippen LogP) is 1.85. The van der Waals surface area contributed by atoms with Crippen molar-refractivity contribution >= 4 is 5.91 Å². The van der Waals surface area contributed by atoms with Crippen LogP contribution in [0.25, 0.3) is 0 Å². The zero-order valence-corrected chi connectivity index (χ0v) is 15.3. The Morgan fingerprint density at radius 2 is 2.00 bits per heavy atom. The van der Waals surface area contributed by atoms with Gasteiger partial charge in [-0.3, -0.25) is 4.79 Å². The zero-order chi connectivity index (χ0) is 18.0. The number of methoxy groups -OCH3 is 1. The molecule has 2 N–H and O–H groups in total. The molecule has 0 atom stereocenters. The van der Waals surface area contributed by atoms with Crippen LogP contribution in [-0.2, 0) is 9.47 Å². The highest BCUT2D eigenvalue weighted by molar-refractivity contribution is 5.96. The van der Waals surface area contributed by atoms with Crippen molar-refractivity contribution in [3.63, 3.8) is 0 Å². The fourth-order valence-electron chi connectivity index (χ4n) is 3.13. The summed E-state index contributed by atoms with van der Waals surface area (Å²) in [5.74, 6) is 0.479. The van der Waals surface area contributed by atoms with Gasteiger partial charge in [0, 0.05) is 25.7 Å². The van der Waals surface area contributed by atoms with E-state index < -0.39 is 0 Å². The maximum absolute atomic E-state index is 12.7. The Morgan fingerprint density at radius 1 is 1.24 bits per heavy atom. The monoisotopic (exact) mass is 350 g/mol. The smallest absolute Gasteiger partial charge is 0.255 e. The van der Waals surface area contributed by atoms with E-state index >= 15 is 0 Å². The standard InChI is InChI=1S/C19H30N2O4/c1-3-24-12-13-25-17-7-5-4-6-16(17)18(22)21-14-19(15-23-2)8-10-20-11-9-19/h4-7,20H,3,8-15H2,1-2H3,(H,21,22). The van der Waals surface area contributed by atoms with E-state index in [2.05, 4.69) is 10.6 Å². The summed E-state index contributed by atoms with van der Waals surface area (Å²) in [5.41, 5.74) is 0.556. The molecule has 0 radical (unpaired) electrons. The van der Waals surface area contributed by atoms with Crippen LogP contribution in [0.15, 0.2) is 24.3 Å². The Kier molecular flexibility index (Phi) is 8.18. The number of carbonyl (C=O) groups is 1. The number of piperidine rings is 1. The van der Waals surface area contributed by atoms with Crippen molar-refractivity contribution in [1.29, 1.82) is 0 Å². The molecule has 25 heavy (non-hydrogen) atoms. The van der Waals surface area contributed by atoms with Gasteiger partial charge in [-0.25, -0.2) is 0 Å². The normalized spacial score (nSPS) is 16.4. The molecule has 0 bridgehead atoms. The molecule has 1 heterocycles. The Morgan fingerprint density at radius 3 is 2.72 bits per heavy atom. The Balaban J connectivity index is 1.95. The molecule has 0 aliphatic carbocycles. The highest BCUT2D eigenvalue weighted by Crippen LogP contribution is 2.28. The second-order valence-corrected chi connectivity index (χ2v) is 6.41. The molecule has 2 rings (SSSR count). The van der Waals surface area contributed by atoms with E-state index in [1.807, 2.05) is 25.1 Å². The molecular weight excluding hydrogens is 320 g/mol. The van der Waals surface area contributed by atoms with Crippen LogP contribution in [0, 0.1) is 5.41 Å². The van der Waals surface area contributed by atoms with Crippen LogP contribution in [0.4, 0.5) is 0 Å². The topological polar surface area (TPSA) is 68.8 Å². The lowest BCUT2D eigenvalue weighted by atomic mass is 9.79. The molecule has 0 spiro atoms. The molecule has 6 heteroatoms. The van der Waals surface area contributed by atoms with Gasteiger partial charge >= 0.3 is 0 Å². The van der Waals surface area contributed by atoms with Crippen molar-refractivity contribution in [2.45, 2.75) is 19.8 Å². The molecule has 1 fully saturated rings. The van der Waals surface area contributed by atoms with Crippen LogP contribution < -0.4 is 15.4 Å². The van der Waals surface area contributed by atoms with Crippen molar-refractivity contribution < 1.29 is 19.0 Å². The summed E-state index contributed by atoms with van der Waals surface area (Å²) in [7, 11) is 1.72. The van der Waals surface area contributed by atoms with E-state index in [-0.39, 0.29) is 11.3 Å². The number of hydrogen-bond donors (Lipinski definition) is 2. The molecule has 1 aliphatic heterocycles. The fourth-order valence-corrected chi connectivity index (χ4v) is 3.13. The van der Waals surface area contributed by atoms with Gasteiger partial charge in [0.25, 0.3) is 5.91 Å². The zero-order valence-electron chi connectivity index (χ0n) is 15.3. The number of ether oxygens (including phenoxy) is 3. The molecule has 0 aromatic heterocycles. The number of rotatable bonds is 10. The van der Waals surface area contributed by atoms with E-state index in [4.69, 9.17) is 14.2 Å². The first kappa shape index (κ1) is 19.7. The average molecular weight is 350 g/mol. The van der Waals surface area contributed by atoms with Gasteiger partial charge in [-0.2, -0.15) is 0 Å². The number of carbonyl (C=O) groups excluding carboxylic acids is 1. The van der Waals surface area contributed by atoms with Crippen molar-refractivity contribution in [3.8, 4) is 5.75 Å². The second-order valence-electron chi connectivity index (χ2n) is 6.41. The maximum atomic E-state index is 12.7. The largest absolute Gasteiger partial charge is 0.490 e. The first-order valence-corrected chi connectivity index (χ1v) is 8.98. The Bertz CT molecular complexity index is 524. The lowest BCUT2D eigenvalue weighted by Crippen LogP contribution is -2.47. The van der Waals surface area contributed by atoms with Gasteiger partial charge < -0.3 is 24.8 Å². The van der Waals surface area contributed by atoms with Crippen molar-refractivity contribution in [3.05, 3.63) is 29.8 Å². The van der Waals surface area contributed by atoms with Crippen LogP contribution in [-0.4, -0.2) is 59.1 Å². The number of hydrogen-bond acceptors (Lipinski definition) is 5. The first-order valence-electron chi connectivity index (χ1n) is 8.98. The number of para-hydroxylation sites is 1. The van der Waals surface area contributed by atoms with Crippen LogP contribution in [0.2, 0.25) is 0 Å². The van der Waals surface area contributed by atoms with Gasteiger partial charge in [-0.1, -0.05) is 12.1 Å². The third kappa shape index (κ3) is 5.99. The lowest BCUT2D eigenvalue weighted by Gasteiger charge is -2.37. The van der Waals surface area contributed by atoms with Gasteiger partial charge in [-0.05, 0) is 45.0 Å². The van der Waals surface area contributed by atoms with E-state index in [9.17, 15) is 4.79 Å². The van der Waals surface area contributed by atoms with Gasteiger partial charge in [0.15, 0.2) is 0 Å². The minimum atomic E-state index is -0.110. The van der Waals surface area contributed by atoms with E-state index in [1.165, 1.54) is 0 Å². The maximum Gasteiger partial charge on any atom is 0.255 e. The van der Waals surface area contributed by atoms with Crippen molar-refractivity contribution in [1.82, 2.24) is 10.6 Å². The summed E-state index contributed by atoms with van der Waals surface area (Å²) in [5, 5.41) is 6.44. The molecule has 1 aliphatic rings. The summed E-state index contributed by atoms with van der Waals surface area (Å²) in [6, 6.07) is 7.32. The molecule has 140 valence electrons. The SMILES string of the molecule is CCOCCOc1ccccc1C(=O)NCC1(COC)CCNCC1. The van der Waals surface area contributed by atoms with Gasteiger partial charge in [0.05, 0.1) is 18.8 Å². The third-order valence-electron chi connectivity index (χ3n) is 4.56. The highest BCUT2D eigenvalue weighted by Gasteiger charge is 2.32. The van der Waals surface area contributed by atoms with Crippen LogP contribution in [0.3, 0.4) is 0 Å². The molecule has 0 saturated carbocycles. The predicted molar refractivity (Wildman–Crippen MR) is 97.2 cm³/mol. The number of amides is 1. The Hall–Kier alpha value is -1.63. The van der Waals surface area contributed by atoms with Crippen LogP contribution in [0.5, 0.6) is 5.75 Å². The third-order valence-corrected chi connectivity index (χ3v) is 4.56. The molecule has 1 aromatic rings. The quantitative estimate of drug-likeness (QED) is 0.630. The lowest BCUT2D eigenvalue weighted by molar-refractivity contribution is 0.0510. The Labute approximate surface area is 150 Å². The van der Waals surface area contributed by atoms with Crippen molar-refractivity contribution in [2.75, 3.05) is 53.2 Å². The molecule has 1 saturated heterocycles. The summed E-state index contributed by atoms with van der Waals surface area (Å²) < 4.78 is 16.4. The van der Waals surface area contributed by atoms with Gasteiger partial charge in [0.2, 0.25) is 0 Å². The summed E-state index contributed by atoms with van der Waals surface area (Å²) in [6.45, 7) is 6.70. The highest BCUT2D eigenvalue weighted by atomic mass is 16.5. The second kappa shape index (κ2) is 10.4. The number of nitrogens with one attached hydrogen (secondary N) is 2. The van der Waals surface area contributed by atoms with E-state index in [0.717, 1.165) is 25.9 Å². The average Bonchev–Trinajstić information content (AvgIpc) is 2.65. The summed E-state index contributed by atoms with van der Waals surface area (Å²) in [4.78, 5) is 12.7. The fraction of sp³-hybridized carbons (Fsp3) is 0.632. The molecule has 1 amide bonds. The van der Waals surface area contributed by atoms with Crippen molar-refractivity contribution in [2.24, 2.45) is 5.41 Å². The molecule has 1 aromatic carbocycles. The number of benzene rings is 1. The van der Waals surface area contributed by atoms with E-state index in [0.29, 0.717) is 44.3 Å². The summed E-state index contributed by atoms with van der Waals surface area (Å²) >= 11 is 0.